The average molecular weight is 313 g/mol. The van der Waals surface area contributed by atoms with Gasteiger partial charge in [-0.1, -0.05) is 0 Å². The summed E-state index contributed by atoms with van der Waals surface area (Å²) in [5.74, 6) is 1.44. The van der Waals surface area contributed by atoms with Crippen LogP contribution in [0.1, 0.15) is 11.4 Å². The molecule has 6 heteroatoms. The van der Waals surface area contributed by atoms with Crippen LogP contribution in [0.15, 0.2) is 23.6 Å². The lowest BCUT2D eigenvalue weighted by molar-refractivity contribution is 0.404. The van der Waals surface area contributed by atoms with Crippen LogP contribution in [0.5, 0.6) is 11.5 Å². The molecule has 22 heavy (non-hydrogen) atoms. The van der Waals surface area contributed by atoms with Gasteiger partial charge in [0.1, 0.15) is 11.5 Å². The molecule has 3 aromatic rings. The fourth-order valence-electron chi connectivity index (χ4n) is 2.52. The van der Waals surface area contributed by atoms with Crippen molar-refractivity contribution in [2.45, 2.75) is 13.3 Å². The smallest absolute Gasteiger partial charge is 0.194 e. The highest BCUT2D eigenvalue weighted by atomic mass is 32.1. The topological polar surface area (TPSA) is 59.6 Å². The fraction of sp³-hybridized carbons (Fsp3) is 0.250. The van der Waals surface area contributed by atoms with Crippen LogP contribution in [-0.4, -0.2) is 23.6 Å². The number of hydrogen-bond donors (Lipinski definition) is 0. The lowest BCUT2D eigenvalue weighted by Gasteiger charge is -2.10. The van der Waals surface area contributed by atoms with Gasteiger partial charge in [0, 0.05) is 16.6 Å². The first kappa shape index (κ1) is 14.4. The first-order chi connectivity index (χ1) is 10.7. The zero-order valence-electron chi connectivity index (χ0n) is 12.6. The maximum atomic E-state index is 9.18. The zero-order valence-corrected chi connectivity index (χ0v) is 13.4. The van der Waals surface area contributed by atoms with Crippen LogP contribution in [0, 0.1) is 18.3 Å². The molecule has 0 saturated heterocycles. The van der Waals surface area contributed by atoms with E-state index in [9.17, 15) is 5.26 Å². The van der Waals surface area contributed by atoms with Crippen LogP contribution < -0.4 is 9.47 Å². The van der Waals surface area contributed by atoms with Crippen LogP contribution in [-0.2, 0) is 6.42 Å². The highest BCUT2D eigenvalue weighted by Gasteiger charge is 2.20. The first-order valence-electron chi connectivity index (χ1n) is 6.74. The number of benzene rings is 1. The summed E-state index contributed by atoms with van der Waals surface area (Å²) in [6, 6.07) is 7.81. The zero-order chi connectivity index (χ0) is 15.7. The molecule has 0 fully saturated rings. The summed E-state index contributed by atoms with van der Waals surface area (Å²) >= 11 is 1.56. The summed E-state index contributed by atoms with van der Waals surface area (Å²) < 4.78 is 12.8. The van der Waals surface area contributed by atoms with E-state index in [0.717, 1.165) is 33.4 Å². The Labute approximate surface area is 132 Å². The van der Waals surface area contributed by atoms with E-state index in [-0.39, 0.29) is 6.42 Å². The number of hydrogen-bond acceptors (Lipinski definition) is 5. The Morgan fingerprint density at radius 2 is 2.14 bits per heavy atom. The number of methoxy groups -OCH3 is 2. The molecule has 0 radical (unpaired) electrons. The fourth-order valence-corrected chi connectivity index (χ4v) is 3.40. The molecule has 0 spiro atoms. The molecule has 0 atom stereocenters. The molecule has 0 aliphatic carbocycles. The number of aryl methyl sites for hydroxylation is 1. The van der Waals surface area contributed by atoms with Crippen molar-refractivity contribution in [3.8, 4) is 28.8 Å². The third-order valence-corrected chi connectivity index (χ3v) is 4.48. The van der Waals surface area contributed by atoms with Gasteiger partial charge in [-0.2, -0.15) is 5.26 Å². The normalized spacial score (nSPS) is 10.6. The molecule has 0 aliphatic rings. The lowest BCUT2D eigenvalue weighted by Crippen LogP contribution is -1.96. The van der Waals surface area contributed by atoms with Crippen molar-refractivity contribution in [3.63, 3.8) is 0 Å². The number of rotatable bonds is 4. The Kier molecular flexibility index (Phi) is 3.73. The number of ether oxygens (including phenoxy) is 2. The largest absolute Gasteiger partial charge is 0.497 e. The van der Waals surface area contributed by atoms with E-state index < -0.39 is 0 Å². The quantitative estimate of drug-likeness (QED) is 0.740. The van der Waals surface area contributed by atoms with Gasteiger partial charge in [-0.3, -0.25) is 4.40 Å². The van der Waals surface area contributed by atoms with E-state index in [0.29, 0.717) is 5.75 Å². The highest BCUT2D eigenvalue weighted by Crippen LogP contribution is 2.36. The Morgan fingerprint density at radius 1 is 1.32 bits per heavy atom. The number of aromatic nitrogens is 2. The second-order valence-electron chi connectivity index (χ2n) is 4.80. The highest BCUT2D eigenvalue weighted by molar-refractivity contribution is 7.15. The van der Waals surface area contributed by atoms with Crippen molar-refractivity contribution in [2.24, 2.45) is 0 Å². The molecule has 0 bridgehead atoms. The number of nitrogens with zero attached hydrogens (tertiary/aromatic N) is 3. The minimum Gasteiger partial charge on any atom is -0.497 e. The molecular formula is C16H15N3O2S. The van der Waals surface area contributed by atoms with Crippen molar-refractivity contribution in [3.05, 3.63) is 35.0 Å². The molecule has 0 unspecified atom stereocenters. The van der Waals surface area contributed by atoms with Crippen LogP contribution >= 0.6 is 11.3 Å². The van der Waals surface area contributed by atoms with Gasteiger partial charge in [0.25, 0.3) is 0 Å². The van der Waals surface area contributed by atoms with Crippen molar-refractivity contribution < 1.29 is 9.47 Å². The SMILES string of the molecule is COc1ccc(OC)c(-c2nc3scc(C)n3c2CC#N)c1. The van der Waals surface area contributed by atoms with Gasteiger partial charge >= 0.3 is 0 Å². The molecule has 2 heterocycles. The van der Waals surface area contributed by atoms with Gasteiger partial charge in [0.2, 0.25) is 0 Å². The molecule has 0 amide bonds. The molecule has 0 aliphatic heterocycles. The van der Waals surface area contributed by atoms with Crippen molar-refractivity contribution in [1.82, 2.24) is 9.38 Å². The average Bonchev–Trinajstić information content (AvgIpc) is 3.08. The van der Waals surface area contributed by atoms with Gasteiger partial charge in [0.05, 0.1) is 38.1 Å². The van der Waals surface area contributed by atoms with Crippen molar-refractivity contribution >= 4 is 16.3 Å². The molecule has 3 rings (SSSR count). The van der Waals surface area contributed by atoms with Gasteiger partial charge in [-0.25, -0.2) is 4.98 Å². The van der Waals surface area contributed by atoms with E-state index >= 15 is 0 Å². The number of thiazole rings is 1. The summed E-state index contributed by atoms with van der Waals surface area (Å²) in [5, 5.41) is 11.2. The third-order valence-electron chi connectivity index (χ3n) is 3.54. The first-order valence-corrected chi connectivity index (χ1v) is 7.62. The Bertz CT molecular complexity index is 874. The van der Waals surface area contributed by atoms with E-state index in [1.165, 1.54) is 0 Å². The second kappa shape index (κ2) is 5.70. The number of nitriles is 1. The minimum atomic E-state index is 0.286. The molecular weight excluding hydrogens is 298 g/mol. The predicted molar refractivity (Wildman–Crippen MR) is 85.7 cm³/mol. The van der Waals surface area contributed by atoms with Crippen LogP contribution in [0.2, 0.25) is 0 Å². The molecule has 5 nitrogen and oxygen atoms in total. The van der Waals surface area contributed by atoms with E-state index in [2.05, 4.69) is 6.07 Å². The van der Waals surface area contributed by atoms with Gasteiger partial charge in [0.15, 0.2) is 4.96 Å². The second-order valence-corrected chi connectivity index (χ2v) is 5.64. The Morgan fingerprint density at radius 3 is 2.82 bits per heavy atom. The monoisotopic (exact) mass is 313 g/mol. The summed E-state index contributed by atoms with van der Waals surface area (Å²) in [6.45, 7) is 2.01. The maximum absolute atomic E-state index is 9.18. The van der Waals surface area contributed by atoms with Crippen molar-refractivity contribution in [1.29, 1.82) is 5.26 Å². The van der Waals surface area contributed by atoms with E-state index in [1.54, 1.807) is 25.6 Å². The maximum Gasteiger partial charge on any atom is 0.194 e. The van der Waals surface area contributed by atoms with E-state index in [1.807, 2.05) is 34.9 Å². The Balaban J connectivity index is 2.30. The summed E-state index contributed by atoms with van der Waals surface area (Å²) in [4.78, 5) is 5.58. The lowest BCUT2D eigenvalue weighted by atomic mass is 10.1. The Hall–Kier alpha value is -2.52. The van der Waals surface area contributed by atoms with Crippen LogP contribution in [0.4, 0.5) is 0 Å². The van der Waals surface area contributed by atoms with Gasteiger partial charge in [-0.05, 0) is 25.1 Å². The number of imidazole rings is 1. The van der Waals surface area contributed by atoms with Crippen molar-refractivity contribution in [2.75, 3.05) is 14.2 Å². The molecule has 0 saturated carbocycles. The molecule has 112 valence electrons. The van der Waals surface area contributed by atoms with Crippen LogP contribution in [0.25, 0.3) is 16.2 Å². The van der Waals surface area contributed by atoms with E-state index in [4.69, 9.17) is 14.5 Å². The molecule has 1 aromatic carbocycles. The van der Waals surface area contributed by atoms with Gasteiger partial charge < -0.3 is 9.47 Å². The third kappa shape index (κ3) is 2.20. The van der Waals surface area contributed by atoms with Gasteiger partial charge in [-0.15, -0.1) is 11.3 Å². The molecule has 0 N–H and O–H groups in total. The van der Waals surface area contributed by atoms with Crippen LogP contribution in [0.3, 0.4) is 0 Å². The summed E-state index contributed by atoms with van der Waals surface area (Å²) in [7, 11) is 3.25. The summed E-state index contributed by atoms with van der Waals surface area (Å²) in [5.41, 5.74) is 3.56. The number of fused-ring (bicyclic) bond motifs is 1. The summed E-state index contributed by atoms with van der Waals surface area (Å²) in [6.07, 6.45) is 0.286. The predicted octanol–water partition coefficient (Wildman–Crippen LogP) is 3.45. The standard InChI is InChI=1S/C16H15N3O2S/c1-10-9-22-16-18-15(13(6-7-17)19(10)16)12-8-11(20-2)4-5-14(12)21-3/h4-5,8-9H,6H2,1-3H3. The minimum absolute atomic E-state index is 0.286. The molecule has 2 aromatic heterocycles.